The van der Waals surface area contributed by atoms with E-state index in [2.05, 4.69) is 42.7 Å². The lowest BCUT2D eigenvalue weighted by Gasteiger charge is -2.13. The maximum absolute atomic E-state index is 11.9. The molecule has 0 saturated heterocycles. The molecular formula is C19H20Br2N2O4. The standard InChI is InChI=1S/C19H20Br2N2O4/c1-11-8-15(4-5-16(11)21)26-9-17(24)22-23-18(25)10-27-19-12(2)6-14(20)7-13(19)3/h4-8H,9-10H2,1-3H3,(H,22,24)(H,23,25). The van der Waals surface area contributed by atoms with E-state index in [0.29, 0.717) is 11.5 Å². The molecule has 8 heteroatoms. The lowest BCUT2D eigenvalue weighted by molar-refractivity contribution is -0.131. The molecule has 27 heavy (non-hydrogen) atoms. The van der Waals surface area contributed by atoms with E-state index in [9.17, 15) is 9.59 Å². The van der Waals surface area contributed by atoms with Gasteiger partial charge in [-0.3, -0.25) is 20.4 Å². The van der Waals surface area contributed by atoms with Crippen molar-refractivity contribution in [3.8, 4) is 11.5 Å². The number of carbonyl (C=O) groups excluding carboxylic acids is 2. The van der Waals surface area contributed by atoms with Crippen LogP contribution in [0.15, 0.2) is 39.3 Å². The van der Waals surface area contributed by atoms with Crippen molar-refractivity contribution in [1.29, 1.82) is 0 Å². The summed E-state index contributed by atoms with van der Waals surface area (Å²) in [4.78, 5) is 23.6. The summed E-state index contributed by atoms with van der Waals surface area (Å²) in [5.41, 5.74) is 7.42. The molecular weight excluding hydrogens is 480 g/mol. The largest absolute Gasteiger partial charge is 0.484 e. The topological polar surface area (TPSA) is 76.7 Å². The second kappa shape index (κ2) is 9.75. The van der Waals surface area contributed by atoms with Gasteiger partial charge in [-0.05, 0) is 67.8 Å². The first-order chi connectivity index (χ1) is 12.8. The van der Waals surface area contributed by atoms with Crippen molar-refractivity contribution in [2.75, 3.05) is 13.2 Å². The number of nitrogens with one attached hydrogen (secondary N) is 2. The number of hydrazine groups is 1. The summed E-state index contributed by atoms with van der Waals surface area (Å²) in [7, 11) is 0. The van der Waals surface area contributed by atoms with Crippen molar-refractivity contribution in [2.45, 2.75) is 20.8 Å². The van der Waals surface area contributed by atoms with Gasteiger partial charge in [-0.1, -0.05) is 31.9 Å². The quantitative estimate of drug-likeness (QED) is 0.593. The van der Waals surface area contributed by atoms with E-state index in [4.69, 9.17) is 9.47 Å². The van der Waals surface area contributed by atoms with Crippen molar-refractivity contribution in [3.63, 3.8) is 0 Å². The van der Waals surface area contributed by atoms with Gasteiger partial charge in [-0.15, -0.1) is 0 Å². The Morgan fingerprint density at radius 3 is 1.96 bits per heavy atom. The molecule has 0 saturated carbocycles. The van der Waals surface area contributed by atoms with Crippen LogP contribution in [0.1, 0.15) is 16.7 Å². The summed E-state index contributed by atoms with van der Waals surface area (Å²) in [5, 5.41) is 0. The molecule has 2 rings (SSSR count). The van der Waals surface area contributed by atoms with E-state index in [0.717, 1.165) is 25.6 Å². The third kappa shape index (κ3) is 6.55. The minimum Gasteiger partial charge on any atom is -0.484 e. The number of hydrogen-bond donors (Lipinski definition) is 2. The van der Waals surface area contributed by atoms with Crippen LogP contribution in [0.5, 0.6) is 11.5 Å². The number of ether oxygens (including phenoxy) is 2. The third-order valence-electron chi connectivity index (χ3n) is 3.61. The molecule has 0 atom stereocenters. The number of halogens is 2. The molecule has 0 aliphatic rings. The molecule has 2 aromatic carbocycles. The Morgan fingerprint density at radius 2 is 1.41 bits per heavy atom. The monoisotopic (exact) mass is 498 g/mol. The first kappa shape index (κ1) is 21.2. The maximum atomic E-state index is 11.9. The highest BCUT2D eigenvalue weighted by molar-refractivity contribution is 9.10. The molecule has 0 aromatic heterocycles. The molecule has 0 radical (unpaired) electrons. The average molecular weight is 500 g/mol. The average Bonchev–Trinajstić information content (AvgIpc) is 2.60. The third-order valence-corrected chi connectivity index (χ3v) is 4.96. The fourth-order valence-electron chi connectivity index (χ4n) is 2.33. The second-order valence-corrected chi connectivity index (χ2v) is 7.72. The van der Waals surface area contributed by atoms with Crippen LogP contribution < -0.4 is 20.3 Å². The molecule has 0 spiro atoms. The zero-order valence-corrected chi connectivity index (χ0v) is 18.4. The van der Waals surface area contributed by atoms with Crippen molar-refractivity contribution in [3.05, 3.63) is 56.0 Å². The number of rotatable bonds is 6. The van der Waals surface area contributed by atoms with Crippen LogP contribution in [0, 0.1) is 20.8 Å². The Kier molecular flexibility index (Phi) is 7.67. The molecule has 2 aromatic rings. The first-order valence-electron chi connectivity index (χ1n) is 8.12. The summed E-state index contributed by atoms with van der Waals surface area (Å²) >= 11 is 6.81. The van der Waals surface area contributed by atoms with E-state index in [1.54, 1.807) is 6.07 Å². The molecule has 6 nitrogen and oxygen atoms in total. The van der Waals surface area contributed by atoms with Gasteiger partial charge >= 0.3 is 0 Å². The van der Waals surface area contributed by atoms with Crippen LogP contribution in [0.3, 0.4) is 0 Å². The molecule has 2 amide bonds. The predicted octanol–water partition coefficient (Wildman–Crippen LogP) is 3.74. The molecule has 0 heterocycles. The van der Waals surface area contributed by atoms with Crippen LogP contribution in [0.2, 0.25) is 0 Å². The van der Waals surface area contributed by atoms with E-state index >= 15 is 0 Å². The Labute approximate surface area is 174 Å². The van der Waals surface area contributed by atoms with Crippen molar-refractivity contribution < 1.29 is 19.1 Å². The molecule has 144 valence electrons. The number of amides is 2. The number of benzene rings is 2. The highest BCUT2D eigenvalue weighted by Gasteiger charge is 2.10. The minimum atomic E-state index is -0.472. The van der Waals surface area contributed by atoms with Crippen LogP contribution in [-0.2, 0) is 9.59 Å². The highest BCUT2D eigenvalue weighted by atomic mass is 79.9. The van der Waals surface area contributed by atoms with Gasteiger partial charge in [0, 0.05) is 8.95 Å². The van der Waals surface area contributed by atoms with Crippen molar-refractivity contribution in [1.82, 2.24) is 10.9 Å². The Morgan fingerprint density at radius 1 is 0.852 bits per heavy atom. The van der Waals surface area contributed by atoms with Crippen LogP contribution in [0.4, 0.5) is 0 Å². The van der Waals surface area contributed by atoms with E-state index in [-0.39, 0.29) is 13.2 Å². The normalized spacial score (nSPS) is 10.3. The lowest BCUT2D eigenvalue weighted by Crippen LogP contribution is -2.45. The molecule has 2 N–H and O–H groups in total. The molecule has 0 aliphatic carbocycles. The molecule has 0 aliphatic heterocycles. The van der Waals surface area contributed by atoms with Crippen LogP contribution in [0.25, 0.3) is 0 Å². The van der Waals surface area contributed by atoms with Gasteiger partial charge in [0.05, 0.1) is 0 Å². The number of hydrogen-bond acceptors (Lipinski definition) is 4. The van der Waals surface area contributed by atoms with Gasteiger partial charge < -0.3 is 9.47 Å². The van der Waals surface area contributed by atoms with Gasteiger partial charge in [0.25, 0.3) is 11.8 Å². The van der Waals surface area contributed by atoms with Gasteiger partial charge in [0.2, 0.25) is 0 Å². The predicted molar refractivity (Wildman–Crippen MR) is 110 cm³/mol. The highest BCUT2D eigenvalue weighted by Crippen LogP contribution is 2.27. The van der Waals surface area contributed by atoms with Crippen molar-refractivity contribution >= 4 is 43.7 Å². The SMILES string of the molecule is Cc1cc(OCC(=O)NNC(=O)COc2c(C)cc(Br)cc2C)ccc1Br. The second-order valence-electron chi connectivity index (χ2n) is 5.95. The fourth-order valence-corrected chi connectivity index (χ4v) is 3.26. The Balaban J connectivity index is 1.75. The summed E-state index contributed by atoms with van der Waals surface area (Å²) in [5.74, 6) is 0.278. The number of aryl methyl sites for hydroxylation is 3. The fraction of sp³-hybridized carbons (Fsp3) is 0.263. The summed E-state index contributed by atoms with van der Waals surface area (Å²) in [6, 6.07) is 9.21. The van der Waals surface area contributed by atoms with Gasteiger partial charge in [-0.2, -0.15) is 0 Å². The van der Waals surface area contributed by atoms with Crippen molar-refractivity contribution in [2.24, 2.45) is 0 Å². The van der Waals surface area contributed by atoms with Crippen LogP contribution in [-0.4, -0.2) is 25.0 Å². The van der Waals surface area contributed by atoms with E-state index in [1.807, 2.05) is 45.0 Å². The van der Waals surface area contributed by atoms with Gasteiger partial charge in [0.1, 0.15) is 11.5 Å². The first-order valence-corrected chi connectivity index (χ1v) is 9.71. The molecule has 0 unspecified atom stereocenters. The summed E-state index contributed by atoms with van der Waals surface area (Å²) in [6.07, 6.45) is 0. The zero-order chi connectivity index (χ0) is 20.0. The minimum absolute atomic E-state index is 0.212. The number of carbonyl (C=O) groups is 2. The van der Waals surface area contributed by atoms with Gasteiger partial charge in [0.15, 0.2) is 13.2 Å². The van der Waals surface area contributed by atoms with Crippen LogP contribution >= 0.6 is 31.9 Å². The molecule has 0 fully saturated rings. The smallest absolute Gasteiger partial charge is 0.276 e. The summed E-state index contributed by atoms with van der Waals surface area (Å²) in [6.45, 7) is 5.29. The Hall–Kier alpha value is -2.06. The van der Waals surface area contributed by atoms with Gasteiger partial charge in [-0.25, -0.2) is 0 Å². The summed E-state index contributed by atoms with van der Waals surface area (Å²) < 4.78 is 12.8. The zero-order valence-electron chi connectivity index (χ0n) is 15.2. The molecule has 0 bridgehead atoms. The maximum Gasteiger partial charge on any atom is 0.276 e. The Bertz CT molecular complexity index is 833. The van der Waals surface area contributed by atoms with E-state index < -0.39 is 11.8 Å². The van der Waals surface area contributed by atoms with E-state index in [1.165, 1.54) is 0 Å². The lowest BCUT2D eigenvalue weighted by atomic mass is 10.1.